The van der Waals surface area contributed by atoms with Crippen LogP contribution in [0.5, 0.6) is 0 Å². The van der Waals surface area contributed by atoms with Gasteiger partial charge in [-0.3, -0.25) is 0 Å². The van der Waals surface area contributed by atoms with Gasteiger partial charge in [-0.05, 0) is 44.9 Å². The molecule has 2 aliphatic carbocycles. The Bertz CT molecular complexity index is 378. The first-order chi connectivity index (χ1) is 7.45. The highest BCUT2D eigenvalue weighted by Gasteiger charge is 2.48. The molecule has 6 heteroatoms. The molecular weight excluding hydrogens is 232 g/mol. The molecule has 0 aliphatic heterocycles. The molecule has 0 radical (unpaired) electrons. The molecular formula is C10H16O5S. The molecule has 0 aromatic heterocycles. The summed E-state index contributed by atoms with van der Waals surface area (Å²) >= 11 is 0. The van der Waals surface area contributed by atoms with Crippen molar-refractivity contribution in [2.45, 2.75) is 44.6 Å². The Kier molecular flexibility index (Phi) is 2.86. The predicted octanol–water partition coefficient (Wildman–Crippen LogP) is 1.82. The van der Waals surface area contributed by atoms with Crippen LogP contribution in [0.3, 0.4) is 0 Å². The fraction of sp³-hybridized carbons (Fsp3) is 0.900. The van der Waals surface area contributed by atoms with Gasteiger partial charge in [-0.2, -0.15) is 8.42 Å². The van der Waals surface area contributed by atoms with Gasteiger partial charge in [-0.25, -0.2) is 4.79 Å². The Morgan fingerprint density at radius 1 is 1.38 bits per heavy atom. The number of fused-ring (bicyclic) bond motifs is 2. The minimum absolute atomic E-state index is 0.224. The quantitative estimate of drug-likeness (QED) is 0.563. The van der Waals surface area contributed by atoms with Crippen LogP contribution in [0.25, 0.3) is 0 Å². The molecule has 0 aromatic carbocycles. The maximum absolute atomic E-state index is 11.3. The lowest BCUT2D eigenvalue weighted by atomic mass is 9.97. The van der Waals surface area contributed by atoms with Gasteiger partial charge >= 0.3 is 16.3 Å². The average Bonchev–Trinajstić information content (AvgIpc) is 2.75. The summed E-state index contributed by atoms with van der Waals surface area (Å²) in [4.78, 5) is 11.3. The Balaban J connectivity index is 1.93. The fourth-order valence-corrected chi connectivity index (χ4v) is 3.00. The summed E-state index contributed by atoms with van der Waals surface area (Å²) in [5.41, 5.74) is -0.439. The molecule has 2 aliphatic rings. The summed E-state index contributed by atoms with van der Waals surface area (Å²) in [5, 5.41) is 0. The number of ether oxygens (including phenoxy) is 1. The van der Waals surface area contributed by atoms with Gasteiger partial charge in [0.15, 0.2) is 0 Å². The van der Waals surface area contributed by atoms with Crippen molar-refractivity contribution in [3.05, 3.63) is 0 Å². The van der Waals surface area contributed by atoms with Crippen LogP contribution in [-0.4, -0.2) is 25.9 Å². The van der Waals surface area contributed by atoms with Gasteiger partial charge < -0.3 is 8.92 Å². The van der Waals surface area contributed by atoms with Crippen molar-refractivity contribution in [1.82, 2.24) is 0 Å². The first kappa shape index (κ1) is 11.7. The summed E-state index contributed by atoms with van der Waals surface area (Å²) in [6.07, 6.45) is 3.58. The van der Waals surface area contributed by atoms with E-state index in [1.807, 2.05) is 0 Å². The van der Waals surface area contributed by atoms with Crippen molar-refractivity contribution in [2.24, 2.45) is 5.92 Å². The lowest BCUT2D eigenvalue weighted by Crippen LogP contribution is -2.31. The molecule has 0 amide bonds. The molecule has 0 aromatic rings. The highest BCUT2D eigenvalue weighted by atomic mass is 32.2. The van der Waals surface area contributed by atoms with Crippen molar-refractivity contribution in [3.8, 4) is 0 Å². The Hall–Kier alpha value is -0.780. The van der Waals surface area contributed by atoms with E-state index in [1.165, 1.54) is 6.92 Å². The van der Waals surface area contributed by atoms with E-state index >= 15 is 0 Å². The molecule has 5 nitrogen and oxygen atoms in total. The molecule has 0 heterocycles. The van der Waals surface area contributed by atoms with E-state index in [0.29, 0.717) is 5.92 Å². The van der Waals surface area contributed by atoms with Gasteiger partial charge in [-0.1, -0.05) is 0 Å². The zero-order valence-corrected chi connectivity index (χ0v) is 10.1. The highest BCUT2D eigenvalue weighted by Crippen LogP contribution is 2.50. The molecule has 0 saturated heterocycles. The minimum atomic E-state index is -3.76. The molecule has 2 rings (SSSR count). The molecule has 2 saturated carbocycles. The lowest BCUT2D eigenvalue weighted by Gasteiger charge is -2.25. The second kappa shape index (κ2) is 3.91. The molecule has 92 valence electrons. The standard InChI is InChI=1S/C10H16O5S/c1-2-16(12,13)15-9(11)14-10-5-3-8(7-10)4-6-10/h8H,2-7H2,1H3. The van der Waals surface area contributed by atoms with E-state index in [4.69, 9.17) is 4.74 Å². The van der Waals surface area contributed by atoms with Crippen LogP contribution in [-0.2, 0) is 19.0 Å². The van der Waals surface area contributed by atoms with Crippen molar-refractivity contribution < 1.29 is 22.1 Å². The SMILES string of the molecule is CCS(=O)(=O)OC(=O)OC12CCC(CC1)C2. The van der Waals surface area contributed by atoms with Gasteiger partial charge in [0.1, 0.15) is 5.60 Å². The number of rotatable bonds is 3. The van der Waals surface area contributed by atoms with Crippen LogP contribution < -0.4 is 0 Å². The second-order valence-corrected chi connectivity index (χ2v) is 6.47. The summed E-state index contributed by atoms with van der Waals surface area (Å²) in [5.74, 6) is 0.410. The van der Waals surface area contributed by atoms with Crippen LogP contribution >= 0.6 is 0 Å². The van der Waals surface area contributed by atoms with E-state index in [9.17, 15) is 13.2 Å². The number of carbonyl (C=O) groups excluding carboxylic acids is 1. The van der Waals surface area contributed by atoms with Crippen molar-refractivity contribution in [1.29, 1.82) is 0 Å². The third-order valence-corrected chi connectivity index (χ3v) is 4.62. The van der Waals surface area contributed by atoms with Gasteiger partial charge in [0.2, 0.25) is 0 Å². The number of hydrogen-bond donors (Lipinski definition) is 0. The van der Waals surface area contributed by atoms with Crippen molar-refractivity contribution in [2.75, 3.05) is 5.75 Å². The molecule has 0 unspecified atom stereocenters. The Morgan fingerprint density at radius 2 is 2.00 bits per heavy atom. The van der Waals surface area contributed by atoms with E-state index in [-0.39, 0.29) is 5.75 Å². The third kappa shape index (κ3) is 2.31. The van der Waals surface area contributed by atoms with Crippen LogP contribution in [0.4, 0.5) is 4.79 Å². The van der Waals surface area contributed by atoms with Crippen LogP contribution in [0.15, 0.2) is 0 Å². The zero-order chi connectivity index (χ0) is 11.8. The fourth-order valence-electron chi connectivity index (χ4n) is 2.64. The zero-order valence-electron chi connectivity index (χ0n) is 9.27. The third-order valence-electron chi connectivity index (χ3n) is 3.53. The normalized spacial score (nSPS) is 32.7. The van der Waals surface area contributed by atoms with E-state index in [2.05, 4.69) is 4.18 Å². The molecule has 2 fully saturated rings. The average molecular weight is 248 g/mol. The van der Waals surface area contributed by atoms with Gasteiger partial charge in [0, 0.05) is 0 Å². The van der Waals surface area contributed by atoms with Crippen molar-refractivity contribution >= 4 is 16.3 Å². The summed E-state index contributed by atoms with van der Waals surface area (Å²) < 4.78 is 31.6. The Labute approximate surface area is 95.2 Å². The minimum Gasteiger partial charge on any atom is -0.427 e. The lowest BCUT2D eigenvalue weighted by molar-refractivity contribution is -0.00598. The smallest absolute Gasteiger partial charge is 0.427 e. The van der Waals surface area contributed by atoms with E-state index in [0.717, 1.165) is 32.1 Å². The largest absolute Gasteiger partial charge is 0.524 e. The van der Waals surface area contributed by atoms with E-state index < -0.39 is 21.9 Å². The van der Waals surface area contributed by atoms with Gasteiger partial charge in [0.05, 0.1) is 5.75 Å². The summed E-state index contributed by atoms with van der Waals surface area (Å²) in [7, 11) is -3.76. The molecule has 2 bridgehead atoms. The van der Waals surface area contributed by atoms with Crippen LogP contribution in [0.2, 0.25) is 0 Å². The summed E-state index contributed by atoms with van der Waals surface area (Å²) in [6, 6.07) is 0. The molecule has 0 N–H and O–H groups in total. The Morgan fingerprint density at radius 3 is 2.44 bits per heavy atom. The molecule has 0 spiro atoms. The number of carbonyl (C=O) groups is 1. The maximum atomic E-state index is 11.3. The van der Waals surface area contributed by atoms with Crippen LogP contribution in [0.1, 0.15) is 39.0 Å². The highest BCUT2D eigenvalue weighted by molar-refractivity contribution is 7.87. The first-order valence-corrected chi connectivity index (χ1v) is 7.18. The molecule has 0 atom stereocenters. The van der Waals surface area contributed by atoms with Crippen LogP contribution in [0, 0.1) is 5.92 Å². The van der Waals surface area contributed by atoms with Crippen molar-refractivity contribution in [3.63, 3.8) is 0 Å². The van der Waals surface area contributed by atoms with Gasteiger partial charge in [0.25, 0.3) is 0 Å². The number of hydrogen-bond acceptors (Lipinski definition) is 5. The second-order valence-electron chi connectivity index (χ2n) is 4.61. The maximum Gasteiger partial charge on any atom is 0.524 e. The summed E-state index contributed by atoms with van der Waals surface area (Å²) in [6.45, 7) is 1.42. The topological polar surface area (TPSA) is 69.7 Å². The predicted molar refractivity (Wildman–Crippen MR) is 56.3 cm³/mol. The monoisotopic (exact) mass is 248 g/mol. The van der Waals surface area contributed by atoms with Gasteiger partial charge in [-0.15, -0.1) is 0 Å². The van der Waals surface area contributed by atoms with E-state index in [1.54, 1.807) is 0 Å². The molecule has 16 heavy (non-hydrogen) atoms. The first-order valence-electron chi connectivity index (χ1n) is 5.60.